The van der Waals surface area contributed by atoms with Crippen LogP contribution in [0.4, 0.5) is 0 Å². The molecule has 1 N–H and O–H groups in total. The smallest absolute Gasteiger partial charge is 0.252 e. The van der Waals surface area contributed by atoms with Gasteiger partial charge in [0.2, 0.25) is 0 Å². The molecule has 1 aliphatic heterocycles. The van der Waals surface area contributed by atoms with Gasteiger partial charge < -0.3 is 10.1 Å². The highest BCUT2D eigenvalue weighted by Crippen LogP contribution is 2.32. The molecule has 3 heterocycles. The number of aryl methyl sites for hydroxylation is 1. The molecule has 0 spiro atoms. The Balaban J connectivity index is 1.93. The molecule has 4 rings (SSSR count). The molecule has 1 aromatic carbocycles. The zero-order chi connectivity index (χ0) is 22.2. The van der Waals surface area contributed by atoms with E-state index in [-0.39, 0.29) is 23.5 Å². The van der Waals surface area contributed by atoms with Crippen LogP contribution in [0.2, 0.25) is 0 Å². The van der Waals surface area contributed by atoms with Gasteiger partial charge in [-0.25, -0.2) is 18.1 Å². The molecule has 2 aromatic heterocycles. The fourth-order valence-electron chi connectivity index (χ4n) is 3.91. The summed E-state index contributed by atoms with van der Waals surface area (Å²) in [4.78, 5) is 17.8. The topological polar surface area (TPSA) is 103 Å². The van der Waals surface area contributed by atoms with E-state index in [9.17, 15) is 13.2 Å². The Hall–Kier alpha value is -3.20. The third-order valence-corrected chi connectivity index (χ3v) is 7.16. The monoisotopic (exact) mass is 440 g/mol. The van der Waals surface area contributed by atoms with Crippen LogP contribution in [0.1, 0.15) is 28.5 Å². The van der Waals surface area contributed by atoms with E-state index >= 15 is 0 Å². The molecule has 1 fully saturated rings. The number of amides is 1. The van der Waals surface area contributed by atoms with Crippen molar-refractivity contribution in [1.82, 2.24) is 20.1 Å². The summed E-state index contributed by atoms with van der Waals surface area (Å²) in [6.07, 6.45) is 2.08. The fraction of sp³-hybridized carbons (Fsp3) is 0.318. The van der Waals surface area contributed by atoms with E-state index in [4.69, 9.17) is 9.72 Å². The normalized spacial score (nSPS) is 17.5. The first kappa shape index (κ1) is 21.0. The Morgan fingerprint density at radius 2 is 2.19 bits per heavy atom. The second kappa shape index (κ2) is 8.14. The van der Waals surface area contributed by atoms with Crippen molar-refractivity contribution >= 4 is 26.8 Å². The predicted molar refractivity (Wildman–Crippen MR) is 119 cm³/mol. The Bertz CT molecular complexity index is 1280. The number of nitrogens with zero attached hydrogens (tertiary/aromatic N) is 3. The number of carbonyl (C=O) groups is 1. The molecule has 1 unspecified atom stereocenters. The number of methoxy groups -OCH3 is 1. The Kier molecular flexibility index (Phi) is 5.53. The molecule has 1 aliphatic rings. The lowest BCUT2D eigenvalue weighted by Crippen LogP contribution is -2.23. The standard InChI is InChI=1S/C22H24N4O4S/c1-4-9-23-22(27)18-12-19(15-6-5-7-17(11-15)30-3)24-21-20(18)14(2)25-26(21)16-8-10-31(28,29)13-16/h4-7,11-12,16H,1,8-10,13H2,2-3H3,(H,23,27). The van der Waals surface area contributed by atoms with Gasteiger partial charge in [-0.3, -0.25) is 4.79 Å². The van der Waals surface area contributed by atoms with Crippen molar-refractivity contribution in [3.63, 3.8) is 0 Å². The average molecular weight is 441 g/mol. The first-order valence-electron chi connectivity index (χ1n) is 9.97. The van der Waals surface area contributed by atoms with E-state index in [0.29, 0.717) is 46.7 Å². The van der Waals surface area contributed by atoms with E-state index in [0.717, 1.165) is 5.56 Å². The number of benzene rings is 1. The van der Waals surface area contributed by atoms with E-state index in [1.807, 2.05) is 24.3 Å². The Labute approximate surface area is 180 Å². The van der Waals surface area contributed by atoms with Gasteiger partial charge in [0.25, 0.3) is 5.91 Å². The molecule has 1 atom stereocenters. The van der Waals surface area contributed by atoms with Crippen molar-refractivity contribution in [1.29, 1.82) is 0 Å². The number of carbonyl (C=O) groups excluding carboxylic acids is 1. The first-order valence-corrected chi connectivity index (χ1v) is 11.8. The van der Waals surface area contributed by atoms with E-state index in [1.54, 1.807) is 30.9 Å². The summed E-state index contributed by atoms with van der Waals surface area (Å²) in [5, 5.41) is 8.04. The maximum absolute atomic E-state index is 13.0. The molecule has 0 bridgehead atoms. The molecule has 3 aromatic rings. The molecular formula is C22H24N4O4S. The van der Waals surface area contributed by atoms with Gasteiger partial charge in [-0.2, -0.15) is 5.10 Å². The van der Waals surface area contributed by atoms with E-state index in [1.165, 1.54) is 0 Å². The number of ether oxygens (including phenoxy) is 1. The molecule has 0 saturated carbocycles. The molecule has 0 radical (unpaired) electrons. The van der Waals surface area contributed by atoms with Crippen LogP contribution in [0.3, 0.4) is 0 Å². The third-order valence-electron chi connectivity index (χ3n) is 5.41. The van der Waals surface area contributed by atoms with Gasteiger partial charge in [0.1, 0.15) is 5.75 Å². The fourth-order valence-corrected chi connectivity index (χ4v) is 5.60. The second-order valence-corrected chi connectivity index (χ2v) is 9.80. The molecule has 1 amide bonds. The van der Waals surface area contributed by atoms with E-state index < -0.39 is 9.84 Å². The largest absolute Gasteiger partial charge is 0.497 e. The number of rotatable bonds is 6. The first-order chi connectivity index (χ1) is 14.8. The third kappa shape index (κ3) is 4.05. The van der Waals surface area contributed by atoms with Gasteiger partial charge in [0, 0.05) is 12.1 Å². The highest BCUT2D eigenvalue weighted by molar-refractivity contribution is 7.91. The number of hydrogen-bond acceptors (Lipinski definition) is 6. The van der Waals surface area contributed by atoms with Gasteiger partial charge in [-0.1, -0.05) is 18.2 Å². The maximum Gasteiger partial charge on any atom is 0.252 e. The predicted octanol–water partition coefficient (Wildman–Crippen LogP) is 2.69. The minimum atomic E-state index is -3.11. The van der Waals surface area contributed by atoms with Crippen molar-refractivity contribution in [3.05, 3.63) is 54.2 Å². The minimum Gasteiger partial charge on any atom is -0.497 e. The Morgan fingerprint density at radius 3 is 2.87 bits per heavy atom. The zero-order valence-electron chi connectivity index (χ0n) is 17.5. The SMILES string of the molecule is C=CCNC(=O)c1cc(-c2cccc(OC)c2)nc2c1c(C)nn2C1CCS(=O)(=O)C1. The molecule has 162 valence electrons. The number of aromatic nitrogens is 3. The molecule has 8 nitrogen and oxygen atoms in total. The number of hydrogen-bond donors (Lipinski definition) is 1. The quantitative estimate of drug-likeness (QED) is 0.591. The van der Waals surface area contributed by atoms with Crippen LogP contribution >= 0.6 is 0 Å². The number of pyridine rings is 1. The van der Waals surface area contributed by atoms with Gasteiger partial charge in [-0.15, -0.1) is 6.58 Å². The highest BCUT2D eigenvalue weighted by atomic mass is 32.2. The molecule has 1 saturated heterocycles. The maximum atomic E-state index is 13.0. The van der Waals surface area contributed by atoms with Gasteiger partial charge >= 0.3 is 0 Å². The number of sulfone groups is 1. The van der Waals surface area contributed by atoms with Crippen LogP contribution in [0.5, 0.6) is 5.75 Å². The summed E-state index contributed by atoms with van der Waals surface area (Å²) in [5.74, 6) is 0.550. The lowest BCUT2D eigenvalue weighted by molar-refractivity contribution is 0.0959. The molecular weight excluding hydrogens is 416 g/mol. The van der Waals surface area contributed by atoms with E-state index in [2.05, 4.69) is 17.0 Å². The molecule has 31 heavy (non-hydrogen) atoms. The zero-order valence-corrected chi connectivity index (χ0v) is 18.3. The van der Waals surface area contributed by atoms with Gasteiger partial charge in [0.15, 0.2) is 15.5 Å². The summed E-state index contributed by atoms with van der Waals surface area (Å²) in [6, 6.07) is 8.84. The lowest BCUT2D eigenvalue weighted by Gasteiger charge is -2.12. The van der Waals surface area contributed by atoms with Crippen molar-refractivity contribution in [2.45, 2.75) is 19.4 Å². The minimum absolute atomic E-state index is 0.0201. The van der Waals surface area contributed by atoms with Crippen LogP contribution in [-0.4, -0.2) is 54.2 Å². The summed E-state index contributed by atoms with van der Waals surface area (Å²) >= 11 is 0. The van der Waals surface area contributed by atoms with Crippen LogP contribution in [-0.2, 0) is 9.84 Å². The van der Waals surface area contributed by atoms with Gasteiger partial charge in [0.05, 0.1) is 47.0 Å². The van der Waals surface area contributed by atoms with Crippen LogP contribution in [0, 0.1) is 6.92 Å². The molecule has 0 aliphatic carbocycles. The lowest BCUT2D eigenvalue weighted by atomic mass is 10.0. The highest BCUT2D eigenvalue weighted by Gasteiger charge is 2.32. The number of nitrogens with one attached hydrogen (secondary N) is 1. The van der Waals surface area contributed by atoms with Crippen LogP contribution < -0.4 is 10.1 Å². The van der Waals surface area contributed by atoms with Crippen molar-refractivity contribution in [3.8, 4) is 17.0 Å². The second-order valence-electron chi connectivity index (χ2n) is 7.57. The molecule has 9 heteroatoms. The van der Waals surface area contributed by atoms with Gasteiger partial charge in [-0.05, 0) is 31.5 Å². The Morgan fingerprint density at radius 1 is 1.39 bits per heavy atom. The van der Waals surface area contributed by atoms with Crippen molar-refractivity contribution in [2.75, 3.05) is 25.2 Å². The summed E-state index contributed by atoms with van der Waals surface area (Å²) in [7, 11) is -1.52. The summed E-state index contributed by atoms with van der Waals surface area (Å²) in [5.41, 5.74) is 2.94. The summed E-state index contributed by atoms with van der Waals surface area (Å²) < 4.78 is 31.1. The number of fused-ring (bicyclic) bond motifs is 1. The van der Waals surface area contributed by atoms with Crippen molar-refractivity contribution in [2.24, 2.45) is 0 Å². The average Bonchev–Trinajstić information content (AvgIpc) is 3.30. The van der Waals surface area contributed by atoms with Crippen molar-refractivity contribution < 1.29 is 17.9 Å². The van der Waals surface area contributed by atoms with Crippen LogP contribution in [0.15, 0.2) is 43.0 Å². The summed E-state index contributed by atoms with van der Waals surface area (Å²) in [6.45, 7) is 5.78. The van der Waals surface area contributed by atoms with Crippen LogP contribution in [0.25, 0.3) is 22.3 Å².